The zero-order valence-electron chi connectivity index (χ0n) is 9.55. The first-order valence-electron chi connectivity index (χ1n) is 5.18. The number of benzene rings is 1. The van der Waals surface area contributed by atoms with Gasteiger partial charge in [0.05, 0.1) is 27.4 Å². The first kappa shape index (κ1) is 12.9. The topological polar surface area (TPSA) is 24.9 Å². The van der Waals surface area contributed by atoms with E-state index in [0.29, 0.717) is 5.02 Å². The Hall–Kier alpha value is -0.580. The molecule has 0 unspecified atom stereocenters. The van der Waals surface area contributed by atoms with E-state index in [1.165, 1.54) is 4.88 Å². The van der Waals surface area contributed by atoms with Crippen molar-refractivity contribution in [1.29, 1.82) is 0 Å². The smallest absolute Gasteiger partial charge is 0.112 e. The highest BCUT2D eigenvalue weighted by molar-refractivity contribution is 9.10. The fraction of sp³-hybridized carbons (Fsp3) is 0.250. The summed E-state index contributed by atoms with van der Waals surface area (Å²) in [6.45, 7) is 4.84. The number of anilines is 1. The monoisotopic (exact) mass is 330 g/mol. The predicted molar refractivity (Wildman–Crippen MR) is 78.1 cm³/mol. The number of aromatic nitrogens is 1. The second-order valence-electron chi connectivity index (χ2n) is 3.70. The molecule has 0 atom stereocenters. The lowest BCUT2D eigenvalue weighted by molar-refractivity contribution is 1.07. The van der Waals surface area contributed by atoms with E-state index in [4.69, 9.17) is 11.6 Å². The number of aryl methyl sites for hydroxylation is 2. The molecule has 0 aliphatic rings. The van der Waals surface area contributed by atoms with Crippen LogP contribution in [0, 0.1) is 13.8 Å². The van der Waals surface area contributed by atoms with E-state index in [1.807, 2.05) is 25.1 Å². The first-order valence-corrected chi connectivity index (χ1v) is 7.17. The Bertz CT molecular complexity index is 520. The quantitative estimate of drug-likeness (QED) is 0.875. The molecule has 0 saturated heterocycles. The van der Waals surface area contributed by atoms with Gasteiger partial charge in [0.25, 0.3) is 0 Å². The number of halogens is 2. The minimum Gasteiger partial charge on any atom is -0.378 e. The lowest BCUT2D eigenvalue weighted by Crippen LogP contribution is -1.99. The van der Waals surface area contributed by atoms with Crippen molar-refractivity contribution in [3.05, 3.63) is 43.3 Å². The Morgan fingerprint density at radius 2 is 2.18 bits per heavy atom. The van der Waals surface area contributed by atoms with Crippen LogP contribution in [0.15, 0.2) is 22.7 Å². The predicted octanol–water partition coefficient (Wildman–Crippen LogP) is 4.79. The number of hydrogen-bond acceptors (Lipinski definition) is 3. The Kier molecular flexibility index (Phi) is 4.07. The van der Waals surface area contributed by atoms with E-state index in [9.17, 15) is 0 Å². The molecule has 0 spiro atoms. The van der Waals surface area contributed by atoms with E-state index in [2.05, 4.69) is 33.2 Å². The SMILES string of the molecule is Cc1nc(CNc2cccc(Cl)c2Br)sc1C. The molecular weight excluding hydrogens is 320 g/mol. The first-order chi connectivity index (χ1) is 8.08. The summed E-state index contributed by atoms with van der Waals surface area (Å²) in [6, 6.07) is 5.77. The van der Waals surface area contributed by atoms with Crippen LogP contribution in [-0.4, -0.2) is 4.98 Å². The van der Waals surface area contributed by atoms with Gasteiger partial charge in [-0.1, -0.05) is 17.7 Å². The van der Waals surface area contributed by atoms with Gasteiger partial charge in [-0.15, -0.1) is 11.3 Å². The highest BCUT2D eigenvalue weighted by atomic mass is 79.9. The highest BCUT2D eigenvalue weighted by Gasteiger charge is 2.06. The van der Waals surface area contributed by atoms with E-state index in [-0.39, 0.29) is 0 Å². The summed E-state index contributed by atoms with van der Waals surface area (Å²) in [5, 5.41) is 5.13. The van der Waals surface area contributed by atoms with Gasteiger partial charge in [0.2, 0.25) is 0 Å². The average Bonchev–Trinajstić information content (AvgIpc) is 2.61. The molecule has 0 fully saturated rings. The van der Waals surface area contributed by atoms with E-state index in [0.717, 1.165) is 27.4 Å². The fourth-order valence-electron chi connectivity index (χ4n) is 1.43. The zero-order valence-corrected chi connectivity index (χ0v) is 12.7. The maximum atomic E-state index is 6.03. The number of rotatable bonds is 3. The maximum Gasteiger partial charge on any atom is 0.112 e. The average molecular weight is 332 g/mol. The van der Waals surface area contributed by atoms with Crippen LogP contribution in [0.2, 0.25) is 5.02 Å². The van der Waals surface area contributed by atoms with Crippen LogP contribution in [0.4, 0.5) is 5.69 Å². The van der Waals surface area contributed by atoms with Crippen LogP contribution in [0.25, 0.3) is 0 Å². The normalized spacial score (nSPS) is 10.6. The molecule has 90 valence electrons. The Labute approximate surface area is 118 Å². The number of hydrogen-bond donors (Lipinski definition) is 1. The van der Waals surface area contributed by atoms with E-state index in [1.54, 1.807) is 11.3 Å². The Balaban J connectivity index is 2.10. The second kappa shape index (κ2) is 5.38. The van der Waals surface area contributed by atoms with Crippen molar-refractivity contribution in [1.82, 2.24) is 4.98 Å². The molecule has 2 nitrogen and oxygen atoms in total. The summed E-state index contributed by atoms with van der Waals surface area (Å²) in [7, 11) is 0. The fourth-order valence-corrected chi connectivity index (χ4v) is 2.88. The van der Waals surface area contributed by atoms with Gasteiger partial charge in [-0.2, -0.15) is 0 Å². The number of thiazole rings is 1. The van der Waals surface area contributed by atoms with E-state index >= 15 is 0 Å². The highest BCUT2D eigenvalue weighted by Crippen LogP contribution is 2.30. The van der Waals surface area contributed by atoms with Gasteiger partial charge >= 0.3 is 0 Å². The van der Waals surface area contributed by atoms with Gasteiger partial charge in [0.15, 0.2) is 0 Å². The molecule has 0 amide bonds. The number of nitrogens with zero attached hydrogens (tertiary/aromatic N) is 1. The van der Waals surface area contributed by atoms with Gasteiger partial charge in [-0.3, -0.25) is 0 Å². The lowest BCUT2D eigenvalue weighted by Gasteiger charge is -2.07. The summed E-state index contributed by atoms with van der Waals surface area (Å²) in [6.07, 6.45) is 0. The van der Waals surface area contributed by atoms with Crippen molar-refractivity contribution in [2.75, 3.05) is 5.32 Å². The van der Waals surface area contributed by atoms with Crippen molar-refractivity contribution < 1.29 is 0 Å². The van der Waals surface area contributed by atoms with Gasteiger partial charge in [0.1, 0.15) is 5.01 Å². The lowest BCUT2D eigenvalue weighted by atomic mass is 10.3. The third-order valence-corrected chi connectivity index (χ3v) is 4.92. The summed E-state index contributed by atoms with van der Waals surface area (Å²) in [5.41, 5.74) is 2.10. The van der Waals surface area contributed by atoms with Crippen LogP contribution >= 0.6 is 38.9 Å². The van der Waals surface area contributed by atoms with Crippen molar-refractivity contribution in [2.45, 2.75) is 20.4 Å². The molecule has 0 saturated carbocycles. The van der Waals surface area contributed by atoms with E-state index < -0.39 is 0 Å². The molecule has 0 aliphatic carbocycles. The molecular formula is C12H12BrClN2S. The maximum absolute atomic E-state index is 6.03. The largest absolute Gasteiger partial charge is 0.378 e. The van der Waals surface area contributed by atoms with Gasteiger partial charge in [0, 0.05) is 4.88 Å². The summed E-state index contributed by atoms with van der Waals surface area (Å²) in [5.74, 6) is 0. The van der Waals surface area contributed by atoms with Crippen LogP contribution in [0.3, 0.4) is 0 Å². The third-order valence-electron chi connectivity index (χ3n) is 2.45. The van der Waals surface area contributed by atoms with Crippen LogP contribution < -0.4 is 5.32 Å². The molecule has 1 N–H and O–H groups in total. The molecule has 17 heavy (non-hydrogen) atoms. The third kappa shape index (κ3) is 3.00. The molecule has 1 aromatic heterocycles. The molecule has 0 radical (unpaired) electrons. The summed E-state index contributed by atoms with van der Waals surface area (Å²) >= 11 is 11.2. The molecule has 1 aromatic carbocycles. The van der Waals surface area contributed by atoms with Gasteiger partial charge in [-0.05, 0) is 41.9 Å². The molecule has 5 heteroatoms. The molecule has 2 aromatic rings. The minimum atomic E-state index is 0.710. The Morgan fingerprint density at radius 3 is 2.82 bits per heavy atom. The standard InChI is InChI=1S/C12H12BrClN2S/c1-7-8(2)17-11(16-7)6-15-10-5-3-4-9(14)12(10)13/h3-5,15H,6H2,1-2H3. The van der Waals surface area contributed by atoms with Crippen molar-refractivity contribution in [2.24, 2.45) is 0 Å². The Morgan fingerprint density at radius 1 is 1.41 bits per heavy atom. The van der Waals surface area contributed by atoms with Crippen LogP contribution in [0.1, 0.15) is 15.6 Å². The van der Waals surface area contributed by atoms with Crippen LogP contribution in [0.5, 0.6) is 0 Å². The molecule has 0 bridgehead atoms. The summed E-state index contributed by atoms with van der Waals surface area (Å²) < 4.78 is 0.895. The molecule has 0 aliphatic heterocycles. The van der Waals surface area contributed by atoms with Crippen molar-refractivity contribution in [3.63, 3.8) is 0 Å². The van der Waals surface area contributed by atoms with Gasteiger partial charge < -0.3 is 5.32 Å². The van der Waals surface area contributed by atoms with Crippen molar-refractivity contribution in [3.8, 4) is 0 Å². The molecule has 2 rings (SSSR count). The van der Waals surface area contributed by atoms with Crippen LogP contribution in [-0.2, 0) is 6.54 Å². The minimum absolute atomic E-state index is 0.710. The van der Waals surface area contributed by atoms with Gasteiger partial charge in [-0.25, -0.2) is 4.98 Å². The number of nitrogens with one attached hydrogen (secondary N) is 1. The second-order valence-corrected chi connectivity index (χ2v) is 6.19. The zero-order chi connectivity index (χ0) is 12.4. The summed E-state index contributed by atoms with van der Waals surface area (Å²) in [4.78, 5) is 5.76. The molecule has 1 heterocycles. The van der Waals surface area contributed by atoms with Crippen molar-refractivity contribution >= 4 is 44.6 Å².